The van der Waals surface area contributed by atoms with Crippen LogP contribution < -0.4 is 21.4 Å². The summed E-state index contributed by atoms with van der Waals surface area (Å²) in [6.07, 6.45) is 3.64. The van der Waals surface area contributed by atoms with Crippen LogP contribution in [0.25, 0.3) is 11.3 Å². The van der Waals surface area contributed by atoms with Gasteiger partial charge in [-0.1, -0.05) is 68.7 Å². The van der Waals surface area contributed by atoms with Gasteiger partial charge in [-0.15, -0.1) is 0 Å². The first-order chi connectivity index (χ1) is 18.3. The smallest absolute Gasteiger partial charge is 0.356 e. The van der Waals surface area contributed by atoms with Gasteiger partial charge in [0.15, 0.2) is 5.76 Å². The predicted molar refractivity (Wildman–Crippen MR) is 143 cm³/mol. The lowest BCUT2D eigenvalue weighted by Gasteiger charge is -2.17. The van der Waals surface area contributed by atoms with Crippen LogP contribution in [0, 0.1) is 5.92 Å². The van der Waals surface area contributed by atoms with Crippen LogP contribution >= 0.6 is 7.60 Å². The molecular formula is C27H34N3O7P. The summed E-state index contributed by atoms with van der Waals surface area (Å²) in [6.45, 7) is 2.73. The molecule has 3 aromatic rings. The van der Waals surface area contributed by atoms with Gasteiger partial charge in [0.25, 0.3) is 5.91 Å². The van der Waals surface area contributed by atoms with E-state index in [-0.39, 0.29) is 35.3 Å². The van der Waals surface area contributed by atoms with E-state index >= 15 is 0 Å². The summed E-state index contributed by atoms with van der Waals surface area (Å²) >= 11 is 0. The van der Waals surface area contributed by atoms with E-state index in [1.54, 1.807) is 6.07 Å². The van der Waals surface area contributed by atoms with Crippen molar-refractivity contribution in [3.63, 3.8) is 0 Å². The Morgan fingerprint density at radius 1 is 1.00 bits per heavy atom. The molecular weight excluding hydrogens is 509 g/mol. The minimum atomic E-state index is -4.42. The van der Waals surface area contributed by atoms with Crippen molar-refractivity contribution in [2.75, 3.05) is 13.2 Å². The van der Waals surface area contributed by atoms with Crippen molar-refractivity contribution in [1.29, 1.82) is 0 Å². The fourth-order valence-corrected chi connectivity index (χ4v) is 4.32. The summed E-state index contributed by atoms with van der Waals surface area (Å²) in [5, 5.41) is 5.19. The Morgan fingerprint density at radius 3 is 2.53 bits per heavy atom. The number of carbonyl (C=O) groups is 2. The summed E-state index contributed by atoms with van der Waals surface area (Å²) in [5.41, 5.74) is 4.33. The van der Waals surface area contributed by atoms with Crippen LogP contribution in [0.1, 0.15) is 48.7 Å². The molecule has 1 atom stereocenters. The molecule has 0 aliphatic rings. The molecule has 38 heavy (non-hydrogen) atoms. The first-order valence-electron chi connectivity index (χ1n) is 12.5. The largest absolute Gasteiger partial charge is 0.451 e. The molecule has 3 rings (SSSR count). The Kier molecular flexibility index (Phi) is 11.3. The Bertz CT molecular complexity index is 1230. The zero-order valence-corrected chi connectivity index (χ0v) is 22.2. The highest BCUT2D eigenvalue weighted by Gasteiger charge is 2.20. The highest BCUT2D eigenvalue weighted by molar-refractivity contribution is 7.60. The molecule has 204 valence electrons. The summed E-state index contributed by atoms with van der Waals surface area (Å²) in [5.74, 6) is -0.773. The summed E-state index contributed by atoms with van der Waals surface area (Å²) in [4.78, 5) is 49.6. The minimum absolute atomic E-state index is 0.00584. The van der Waals surface area contributed by atoms with Gasteiger partial charge in [0.1, 0.15) is 5.76 Å². The van der Waals surface area contributed by atoms with Gasteiger partial charge in [-0.05, 0) is 36.2 Å². The number of nitrogens with one attached hydrogen (secondary N) is 3. The third-order valence-corrected chi connectivity index (χ3v) is 6.80. The lowest BCUT2D eigenvalue weighted by atomic mass is 10.0. The third kappa shape index (κ3) is 9.24. The topological polar surface area (TPSA) is 150 Å². The van der Waals surface area contributed by atoms with Crippen LogP contribution in [0.3, 0.4) is 0 Å². The summed E-state index contributed by atoms with van der Waals surface area (Å²) in [7, 11) is -4.42. The van der Waals surface area contributed by atoms with E-state index in [9.17, 15) is 23.9 Å². The lowest BCUT2D eigenvalue weighted by molar-refractivity contribution is -0.126. The second kappa shape index (κ2) is 14.6. The van der Waals surface area contributed by atoms with Gasteiger partial charge in [-0.3, -0.25) is 19.0 Å². The van der Waals surface area contributed by atoms with Crippen molar-refractivity contribution < 1.29 is 33.2 Å². The zero-order valence-electron chi connectivity index (χ0n) is 21.3. The van der Waals surface area contributed by atoms with E-state index in [2.05, 4.69) is 23.0 Å². The number of hydroxylamine groups is 1. The molecule has 0 radical (unpaired) electrons. The second-order valence-corrected chi connectivity index (χ2v) is 10.4. The van der Waals surface area contributed by atoms with Crippen molar-refractivity contribution in [3.8, 4) is 11.3 Å². The van der Waals surface area contributed by atoms with E-state index in [4.69, 9.17) is 9.25 Å². The molecule has 0 saturated carbocycles. The lowest BCUT2D eigenvalue weighted by Crippen LogP contribution is -2.42. The number of amides is 2. The predicted octanol–water partition coefficient (Wildman–Crippen LogP) is 3.47. The van der Waals surface area contributed by atoms with Gasteiger partial charge in [0, 0.05) is 12.1 Å². The minimum Gasteiger partial charge on any atom is -0.451 e. The van der Waals surface area contributed by atoms with E-state index < -0.39 is 13.5 Å². The molecule has 11 heteroatoms. The molecule has 5 N–H and O–H groups in total. The van der Waals surface area contributed by atoms with Gasteiger partial charge in [0.2, 0.25) is 5.91 Å². The first kappa shape index (κ1) is 29.3. The number of carbonyl (C=O) groups excluding carboxylic acids is 2. The van der Waals surface area contributed by atoms with Crippen molar-refractivity contribution in [1.82, 2.24) is 16.1 Å². The number of rotatable bonds is 15. The maximum atomic E-state index is 12.8. The van der Waals surface area contributed by atoms with Gasteiger partial charge in [-0.2, -0.15) is 0 Å². The third-order valence-electron chi connectivity index (χ3n) is 5.85. The molecule has 1 unspecified atom stereocenters. The van der Waals surface area contributed by atoms with Gasteiger partial charge < -0.3 is 24.8 Å². The molecule has 2 amide bonds. The highest BCUT2D eigenvalue weighted by Crippen LogP contribution is 2.34. The average Bonchev–Trinajstić information content (AvgIpc) is 3.41. The van der Waals surface area contributed by atoms with Crippen molar-refractivity contribution in [3.05, 3.63) is 78.1 Å². The van der Waals surface area contributed by atoms with E-state index in [1.165, 1.54) is 30.3 Å². The standard InChI is InChI=1S/C27H34N3O7P/c1-2-3-5-11-22(17-30-36-18-20-9-6-4-7-10-20)26(31)28-19-29-27(32)25-15-14-24(37-25)21-12-8-13-23(16-21)38(33,34)35/h4,6-10,12-16,22,30H,2-3,5,11,17-19H2,1H3,(H,28,31)(H,29,32)(H2,33,34,35). The Hall–Kier alpha value is -3.27. The molecule has 0 bridgehead atoms. The Morgan fingerprint density at radius 2 is 1.79 bits per heavy atom. The van der Waals surface area contributed by atoms with Crippen molar-refractivity contribution >= 4 is 24.7 Å². The normalized spacial score (nSPS) is 12.2. The van der Waals surface area contributed by atoms with Crippen LogP contribution in [0.4, 0.5) is 0 Å². The fraction of sp³-hybridized carbons (Fsp3) is 0.333. The van der Waals surface area contributed by atoms with Crippen LogP contribution in [0.15, 0.2) is 71.1 Å². The highest BCUT2D eigenvalue weighted by atomic mass is 31.2. The monoisotopic (exact) mass is 543 g/mol. The molecule has 0 saturated heterocycles. The molecule has 0 spiro atoms. The molecule has 0 aliphatic heterocycles. The molecule has 2 aromatic carbocycles. The first-order valence-corrected chi connectivity index (χ1v) is 14.1. The van der Waals surface area contributed by atoms with Crippen molar-refractivity contribution in [2.24, 2.45) is 5.92 Å². The van der Waals surface area contributed by atoms with Crippen LogP contribution in [0.5, 0.6) is 0 Å². The number of benzene rings is 2. The maximum Gasteiger partial charge on any atom is 0.356 e. The van der Waals surface area contributed by atoms with Gasteiger partial charge in [0.05, 0.1) is 24.5 Å². The number of hydrogen-bond acceptors (Lipinski definition) is 6. The summed E-state index contributed by atoms with van der Waals surface area (Å²) in [6, 6.07) is 18.5. The average molecular weight is 544 g/mol. The maximum absolute atomic E-state index is 12.8. The van der Waals surface area contributed by atoms with Crippen molar-refractivity contribution in [2.45, 2.75) is 39.2 Å². The van der Waals surface area contributed by atoms with E-state index in [1.807, 2.05) is 30.3 Å². The molecule has 10 nitrogen and oxygen atoms in total. The van der Waals surface area contributed by atoms with Gasteiger partial charge in [-0.25, -0.2) is 5.48 Å². The molecule has 1 heterocycles. The Balaban J connectivity index is 1.48. The fourth-order valence-electron chi connectivity index (χ4n) is 3.73. The van der Waals surface area contributed by atoms with E-state index in [0.717, 1.165) is 24.8 Å². The Labute approximate surface area is 221 Å². The summed E-state index contributed by atoms with van der Waals surface area (Å²) < 4.78 is 17.1. The quantitative estimate of drug-likeness (QED) is 0.0847. The van der Waals surface area contributed by atoms with Crippen LogP contribution in [0.2, 0.25) is 0 Å². The van der Waals surface area contributed by atoms with Crippen LogP contribution in [-0.4, -0.2) is 34.8 Å². The number of hydrogen-bond donors (Lipinski definition) is 5. The molecule has 0 fully saturated rings. The molecule has 0 aliphatic carbocycles. The SMILES string of the molecule is CCCCCC(CNOCc1ccccc1)C(=O)NCNC(=O)c1ccc(-c2cccc(P(=O)(O)O)c2)o1. The van der Waals surface area contributed by atoms with Gasteiger partial charge >= 0.3 is 7.60 Å². The zero-order chi connectivity index (χ0) is 27.4. The van der Waals surface area contributed by atoms with E-state index in [0.29, 0.717) is 25.1 Å². The number of furan rings is 1. The van der Waals surface area contributed by atoms with Crippen LogP contribution in [-0.2, 0) is 20.8 Å². The number of unbranched alkanes of at least 4 members (excludes halogenated alkanes) is 2. The molecule has 1 aromatic heterocycles. The second-order valence-electron chi connectivity index (χ2n) is 8.80.